The smallest absolute Gasteiger partial charge is 0.396 e. The van der Waals surface area contributed by atoms with Crippen LogP contribution in [0.5, 0.6) is 0 Å². The summed E-state index contributed by atoms with van der Waals surface area (Å²) < 4.78 is 38.4. The predicted octanol–water partition coefficient (Wildman–Crippen LogP) is 2.31. The van der Waals surface area contributed by atoms with Crippen LogP contribution < -0.4 is 0 Å². The summed E-state index contributed by atoms with van der Waals surface area (Å²) in [5.74, 6) is -0.101. The molecule has 1 aromatic rings. The standard InChI is InChI=1S/C18H23F3N2O2/c19-18(20,21)14-4-1-3-13(11-14)12-17(25)23-9-6-15-16(23)5-8-22(15)7-2-10-24/h1,3-4,11,15-16,24H,2,5-10,12H2/t15-,16-/m0/s1. The zero-order valence-corrected chi connectivity index (χ0v) is 14.0. The van der Waals surface area contributed by atoms with Gasteiger partial charge >= 0.3 is 6.18 Å². The molecule has 2 heterocycles. The summed E-state index contributed by atoms with van der Waals surface area (Å²) in [7, 11) is 0. The Kier molecular flexibility index (Phi) is 5.34. The van der Waals surface area contributed by atoms with Gasteiger partial charge in [-0.05, 0) is 30.9 Å². The first kappa shape index (κ1) is 18.2. The summed E-state index contributed by atoms with van der Waals surface area (Å²) in [4.78, 5) is 16.8. The zero-order valence-electron chi connectivity index (χ0n) is 14.0. The number of halogens is 3. The second-order valence-electron chi connectivity index (χ2n) is 6.79. The fourth-order valence-corrected chi connectivity index (χ4v) is 4.07. The highest BCUT2D eigenvalue weighted by Gasteiger charge is 2.43. The normalized spacial score (nSPS) is 23.9. The number of amides is 1. The molecule has 1 amide bonds. The SMILES string of the molecule is O=C(Cc1cccc(C(F)(F)F)c1)N1CC[C@H]2[C@@H]1CCN2CCCO. The molecule has 2 saturated heterocycles. The van der Waals surface area contributed by atoms with Crippen molar-refractivity contribution in [3.8, 4) is 0 Å². The molecule has 0 aliphatic carbocycles. The van der Waals surface area contributed by atoms with Gasteiger partial charge in [-0.25, -0.2) is 0 Å². The topological polar surface area (TPSA) is 43.8 Å². The largest absolute Gasteiger partial charge is 0.416 e. The zero-order chi connectivity index (χ0) is 18.0. The first-order valence-corrected chi connectivity index (χ1v) is 8.70. The summed E-state index contributed by atoms with van der Waals surface area (Å²) in [6, 6.07) is 5.48. The fraction of sp³-hybridized carbons (Fsp3) is 0.611. The average Bonchev–Trinajstić information content (AvgIpc) is 3.14. The predicted molar refractivity (Wildman–Crippen MR) is 86.9 cm³/mol. The highest BCUT2D eigenvalue weighted by Crippen LogP contribution is 2.33. The molecule has 3 rings (SSSR count). The first-order valence-electron chi connectivity index (χ1n) is 8.70. The Hall–Kier alpha value is -1.60. The number of alkyl halides is 3. The van der Waals surface area contributed by atoms with Gasteiger partial charge in [0.1, 0.15) is 0 Å². The maximum Gasteiger partial charge on any atom is 0.416 e. The second kappa shape index (κ2) is 7.33. The van der Waals surface area contributed by atoms with E-state index in [4.69, 9.17) is 5.11 Å². The van der Waals surface area contributed by atoms with Crippen LogP contribution in [-0.4, -0.2) is 59.1 Å². The van der Waals surface area contributed by atoms with Gasteiger partial charge in [0.15, 0.2) is 0 Å². The molecule has 2 aliphatic heterocycles. The molecule has 0 bridgehead atoms. The van der Waals surface area contributed by atoms with E-state index in [0.29, 0.717) is 18.2 Å². The van der Waals surface area contributed by atoms with Crippen LogP contribution in [-0.2, 0) is 17.4 Å². The van der Waals surface area contributed by atoms with Crippen LogP contribution in [0.15, 0.2) is 24.3 Å². The van der Waals surface area contributed by atoms with Crippen LogP contribution in [0.4, 0.5) is 13.2 Å². The molecule has 1 N–H and O–H groups in total. The minimum atomic E-state index is -4.39. The van der Waals surface area contributed by atoms with Crippen LogP contribution in [0.1, 0.15) is 30.4 Å². The fourth-order valence-electron chi connectivity index (χ4n) is 4.07. The Bertz CT molecular complexity index is 621. The highest BCUT2D eigenvalue weighted by atomic mass is 19.4. The summed E-state index contributed by atoms with van der Waals surface area (Å²) in [5.41, 5.74) is -0.313. The number of likely N-dealkylation sites (tertiary alicyclic amines) is 2. The van der Waals surface area contributed by atoms with Gasteiger partial charge in [-0.1, -0.05) is 18.2 Å². The molecule has 138 valence electrons. The van der Waals surface area contributed by atoms with Crippen LogP contribution in [0.3, 0.4) is 0 Å². The number of rotatable bonds is 5. The van der Waals surface area contributed by atoms with Crippen LogP contribution in [0, 0.1) is 0 Å². The number of fused-ring (bicyclic) bond motifs is 1. The number of aliphatic hydroxyl groups is 1. The Morgan fingerprint density at radius 1 is 1.20 bits per heavy atom. The number of aliphatic hydroxyl groups excluding tert-OH is 1. The molecule has 2 atom stereocenters. The van der Waals surface area contributed by atoms with E-state index in [1.807, 2.05) is 4.90 Å². The lowest BCUT2D eigenvalue weighted by Gasteiger charge is -2.25. The molecule has 4 nitrogen and oxygen atoms in total. The van der Waals surface area contributed by atoms with E-state index in [-0.39, 0.29) is 25.0 Å². The van der Waals surface area contributed by atoms with Crippen molar-refractivity contribution >= 4 is 5.91 Å². The van der Waals surface area contributed by atoms with Crippen molar-refractivity contribution in [1.29, 1.82) is 0 Å². The third kappa shape index (κ3) is 3.98. The summed E-state index contributed by atoms with van der Waals surface area (Å²) >= 11 is 0. The third-order valence-corrected chi connectivity index (χ3v) is 5.22. The van der Waals surface area contributed by atoms with E-state index in [1.165, 1.54) is 6.07 Å². The van der Waals surface area contributed by atoms with Gasteiger partial charge in [-0.3, -0.25) is 9.69 Å². The molecule has 0 unspecified atom stereocenters. The van der Waals surface area contributed by atoms with E-state index in [1.54, 1.807) is 6.07 Å². The van der Waals surface area contributed by atoms with Gasteiger partial charge in [-0.2, -0.15) is 13.2 Å². The van der Waals surface area contributed by atoms with E-state index in [2.05, 4.69) is 4.90 Å². The van der Waals surface area contributed by atoms with E-state index >= 15 is 0 Å². The highest BCUT2D eigenvalue weighted by molar-refractivity contribution is 5.79. The van der Waals surface area contributed by atoms with Gasteiger partial charge in [0, 0.05) is 38.3 Å². The van der Waals surface area contributed by atoms with Crippen LogP contribution in [0.25, 0.3) is 0 Å². The van der Waals surface area contributed by atoms with Crippen LogP contribution in [0.2, 0.25) is 0 Å². The molecule has 2 fully saturated rings. The van der Waals surface area contributed by atoms with Crippen molar-refractivity contribution in [2.24, 2.45) is 0 Å². The molecule has 0 radical (unpaired) electrons. The number of hydrogen-bond acceptors (Lipinski definition) is 3. The maximum absolute atomic E-state index is 12.8. The lowest BCUT2D eigenvalue weighted by Crippen LogP contribution is -2.40. The molecule has 25 heavy (non-hydrogen) atoms. The molecule has 0 spiro atoms. The number of carbonyl (C=O) groups is 1. The Morgan fingerprint density at radius 3 is 2.68 bits per heavy atom. The first-order chi connectivity index (χ1) is 11.9. The van der Waals surface area contributed by atoms with E-state index < -0.39 is 11.7 Å². The second-order valence-corrected chi connectivity index (χ2v) is 6.79. The Balaban J connectivity index is 1.63. The van der Waals surface area contributed by atoms with Gasteiger partial charge < -0.3 is 10.0 Å². The van der Waals surface area contributed by atoms with Gasteiger partial charge in [-0.15, -0.1) is 0 Å². The van der Waals surface area contributed by atoms with Gasteiger partial charge in [0.05, 0.1) is 12.0 Å². The molecule has 1 aromatic carbocycles. The number of nitrogens with zero attached hydrogens (tertiary/aromatic N) is 2. The van der Waals surface area contributed by atoms with E-state index in [0.717, 1.165) is 44.5 Å². The molecular weight excluding hydrogens is 333 g/mol. The summed E-state index contributed by atoms with van der Waals surface area (Å²) in [6.07, 6.45) is -1.88. The van der Waals surface area contributed by atoms with Crippen molar-refractivity contribution in [3.63, 3.8) is 0 Å². The lowest BCUT2D eigenvalue weighted by atomic mass is 10.1. The van der Waals surface area contributed by atoms with Gasteiger partial charge in [0.25, 0.3) is 0 Å². The van der Waals surface area contributed by atoms with Crippen molar-refractivity contribution in [2.75, 3.05) is 26.2 Å². The summed E-state index contributed by atoms with van der Waals surface area (Å²) in [5, 5.41) is 8.98. The average molecular weight is 356 g/mol. The maximum atomic E-state index is 12.8. The molecule has 0 aromatic heterocycles. The number of hydrogen-bond donors (Lipinski definition) is 1. The Morgan fingerprint density at radius 2 is 1.96 bits per heavy atom. The Labute approximate surface area is 145 Å². The molecule has 0 saturated carbocycles. The van der Waals surface area contributed by atoms with Crippen molar-refractivity contribution in [1.82, 2.24) is 9.80 Å². The van der Waals surface area contributed by atoms with E-state index in [9.17, 15) is 18.0 Å². The minimum absolute atomic E-state index is 0.00375. The lowest BCUT2D eigenvalue weighted by molar-refractivity contribution is -0.138. The van der Waals surface area contributed by atoms with Crippen molar-refractivity contribution < 1.29 is 23.1 Å². The quantitative estimate of drug-likeness (QED) is 0.881. The molecule has 7 heteroatoms. The minimum Gasteiger partial charge on any atom is -0.396 e. The third-order valence-electron chi connectivity index (χ3n) is 5.22. The monoisotopic (exact) mass is 356 g/mol. The summed E-state index contributed by atoms with van der Waals surface area (Å²) in [6.45, 7) is 2.55. The van der Waals surface area contributed by atoms with Gasteiger partial charge in [0.2, 0.25) is 5.91 Å². The van der Waals surface area contributed by atoms with Crippen LogP contribution >= 0.6 is 0 Å². The van der Waals surface area contributed by atoms with Crippen molar-refractivity contribution in [2.45, 2.75) is 43.9 Å². The molecule has 2 aliphatic rings. The molecular formula is C18H23F3N2O2. The van der Waals surface area contributed by atoms with Crippen molar-refractivity contribution in [3.05, 3.63) is 35.4 Å². The number of benzene rings is 1. The number of carbonyl (C=O) groups excluding carboxylic acids is 1.